The van der Waals surface area contributed by atoms with Crippen LogP contribution < -0.4 is 10.1 Å². The van der Waals surface area contributed by atoms with Crippen LogP contribution in [-0.4, -0.2) is 33.7 Å². The molecule has 2 heterocycles. The zero-order valence-corrected chi connectivity index (χ0v) is 13.0. The third kappa shape index (κ3) is 4.98. The van der Waals surface area contributed by atoms with Crippen LogP contribution in [0.15, 0.2) is 36.4 Å². The topological polar surface area (TPSA) is 75.9 Å². The number of rotatable bonds is 8. The lowest BCUT2D eigenvalue weighted by Crippen LogP contribution is -2.25. The number of fused-ring (bicyclic) bond motifs is 1. The molecular formula is C16H20FN3O3. The van der Waals surface area contributed by atoms with E-state index < -0.39 is 6.09 Å². The van der Waals surface area contributed by atoms with E-state index in [-0.39, 0.29) is 18.7 Å². The summed E-state index contributed by atoms with van der Waals surface area (Å²) >= 11 is 0. The molecule has 0 spiro atoms. The Hall–Kier alpha value is -2.57. The van der Waals surface area contributed by atoms with Crippen LogP contribution in [0.4, 0.5) is 9.18 Å². The Balaban J connectivity index is 1.98. The molecule has 0 bridgehead atoms. The van der Waals surface area contributed by atoms with Crippen LogP contribution in [0.3, 0.4) is 0 Å². The Labute approximate surface area is 133 Å². The van der Waals surface area contributed by atoms with E-state index in [2.05, 4.69) is 17.2 Å². The summed E-state index contributed by atoms with van der Waals surface area (Å²) in [6.07, 6.45) is 6.02. The number of hydrogen-bond donors (Lipinski definition) is 2. The molecule has 2 aromatic rings. The van der Waals surface area contributed by atoms with Gasteiger partial charge in [0.1, 0.15) is 18.0 Å². The van der Waals surface area contributed by atoms with Gasteiger partial charge in [-0.05, 0) is 25.0 Å². The van der Waals surface area contributed by atoms with E-state index in [4.69, 9.17) is 9.84 Å². The maximum Gasteiger partial charge on any atom is 0.404 e. The molecule has 2 rings (SSSR count). The zero-order chi connectivity index (χ0) is 16.7. The number of imidazole rings is 1. The maximum atomic E-state index is 12.7. The number of nitrogens with zero attached hydrogens (tertiary/aromatic N) is 2. The van der Waals surface area contributed by atoms with Crippen molar-refractivity contribution in [2.45, 2.75) is 26.2 Å². The number of ether oxygens (including phenoxy) is 1. The van der Waals surface area contributed by atoms with Gasteiger partial charge in [-0.3, -0.25) is 0 Å². The predicted molar refractivity (Wildman–Crippen MR) is 84.5 cm³/mol. The molecule has 0 unspecified atom stereocenters. The van der Waals surface area contributed by atoms with Gasteiger partial charge in [0.05, 0.1) is 18.2 Å². The van der Waals surface area contributed by atoms with E-state index in [9.17, 15) is 9.18 Å². The summed E-state index contributed by atoms with van der Waals surface area (Å²) in [5.74, 6) is 0.562. The lowest BCUT2D eigenvalue weighted by molar-refractivity contribution is 0.195. The Morgan fingerprint density at radius 1 is 1.48 bits per heavy atom. The number of hydrogen-bond acceptors (Lipinski definition) is 3. The zero-order valence-electron chi connectivity index (χ0n) is 13.0. The minimum absolute atomic E-state index is 0.0281. The molecule has 6 nitrogen and oxygen atoms in total. The van der Waals surface area contributed by atoms with E-state index in [0.29, 0.717) is 12.1 Å². The summed E-state index contributed by atoms with van der Waals surface area (Å²) in [6.45, 7) is 2.00. The summed E-state index contributed by atoms with van der Waals surface area (Å²) in [5.41, 5.74) is 2.07. The first kappa shape index (κ1) is 16.8. The van der Waals surface area contributed by atoms with Crippen LogP contribution in [0.5, 0.6) is 5.75 Å². The number of carbonyl (C=O) groups is 1. The number of pyridine rings is 1. The summed E-state index contributed by atoms with van der Waals surface area (Å²) < 4.78 is 20.1. The van der Waals surface area contributed by atoms with Crippen molar-refractivity contribution in [3.8, 4) is 5.75 Å². The number of nitrogens with one attached hydrogen (secondary N) is 1. The van der Waals surface area contributed by atoms with Crippen molar-refractivity contribution in [1.82, 2.24) is 14.7 Å². The first-order valence-electron chi connectivity index (χ1n) is 7.47. The number of amides is 1. The summed E-state index contributed by atoms with van der Waals surface area (Å²) in [6, 6.07) is 3.59. The number of aryl methyl sites for hydroxylation is 1. The van der Waals surface area contributed by atoms with Crippen LogP contribution in [0, 0.1) is 0 Å². The SMILES string of the molecule is CCCCc1cn2cc(OC/C(=C/F)CNC(=O)O)ccc2n1. The second kappa shape index (κ2) is 8.17. The molecule has 0 aliphatic rings. The molecule has 2 N–H and O–H groups in total. The molecule has 0 aromatic carbocycles. The Morgan fingerprint density at radius 3 is 3.00 bits per heavy atom. The average molecular weight is 321 g/mol. The molecule has 2 aromatic heterocycles. The highest BCUT2D eigenvalue weighted by atomic mass is 19.1. The van der Waals surface area contributed by atoms with Crippen molar-refractivity contribution in [2.75, 3.05) is 13.2 Å². The van der Waals surface area contributed by atoms with E-state index in [1.165, 1.54) is 0 Å². The smallest absolute Gasteiger partial charge is 0.404 e. The Kier molecular flexibility index (Phi) is 5.96. The summed E-state index contributed by atoms with van der Waals surface area (Å²) in [7, 11) is 0. The standard InChI is InChI=1S/C16H20FN3O3/c1-2-3-4-13-9-20-10-14(5-6-15(20)19-13)23-11-12(7-17)8-18-16(21)22/h5-7,9-10,18H,2-4,8,11H2,1H3,(H,21,22)/b12-7+. The van der Waals surface area contributed by atoms with Gasteiger partial charge in [0.25, 0.3) is 0 Å². The van der Waals surface area contributed by atoms with Gasteiger partial charge in [-0.25, -0.2) is 14.2 Å². The van der Waals surface area contributed by atoms with Crippen molar-refractivity contribution in [1.29, 1.82) is 0 Å². The van der Waals surface area contributed by atoms with Gasteiger partial charge >= 0.3 is 6.09 Å². The van der Waals surface area contributed by atoms with Crippen LogP contribution >= 0.6 is 0 Å². The predicted octanol–water partition coefficient (Wildman–Crippen LogP) is 3.18. The molecule has 0 fully saturated rings. The fourth-order valence-corrected chi connectivity index (χ4v) is 2.07. The molecule has 7 heteroatoms. The van der Waals surface area contributed by atoms with Gasteiger partial charge in [-0.15, -0.1) is 0 Å². The molecule has 1 amide bonds. The van der Waals surface area contributed by atoms with E-state index in [0.717, 1.165) is 30.6 Å². The highest BCUT2D eigenvalue weighted by molar-refractivity contribution is 5.64. The minimum atomic E-state index is -1.20. The van der Waals surface area contributed by atoms with Gasteiger partial charge < -0.3 is 19.6 Å². The van der Waals surface area contributed by atoms with Crippen molar-refractivity contribution in [3.05, 3.63) is 42.1 Å². The van der Waals surface area contributed by atoms with E-state index in [1.54, 1.807) is 12.3 Å². The first-order valence-corrected chi connectivity index (χ1v) is 7.47. The molecule has 0 aliphatic heterocycles. The molecule has 0 saturated heterocycles. The summed E-state index contributed by atoms with van der Waals surface area (Å²) in [4.78, 5) is 14.9. The minimum Gasteiger partial charge on any atom is -0.488 e. The van der Waals surface area contributed by atoms with Gasteiger partial charge in [0.2, 0.25) is 0 Å². The highest BCUT2D eigenvalue weighted by Gasteiger charge is 2.05. The fraction of sp³-hybridized carbons (Fsp3) is 0.375. The quantitative estimate of drug-likeness (QED) is 0.783. The lowest BCUT2D eigenvalue weighted by atomic mass is 10.2. The lowest BCUT2D eigenvalue weighted by Gasteiger charge is -2.09. The van der Waals surface area contributed by atoms with Gasteiger partial charge in [0, 0.05) is 18.3 Å². The van der Waals surface area contributed by atoms with Crippen LogP contribution in [-0.2, 0) is 6.42 Å². The van der Waals surface area contributed by atoms with Crippen molar-refractivity contribution in [3.63, 3.8) is 0 Å². The van der Waals surface area contributed by atoms with Gasteiger partial charge in [-0.2, -0.15) is 0 Å². The van der Waals surface area contributed by atoms with E-state index >= 15 is 0 Å². The number of aromatic nitrogens is 2. The molecule has 0 saturated carbocycles. The second-order valence-electron chi connectivity index (χ2n) is 5.18. The van der Waals surface area contributed by atoms with Crippen LogP contribution in [0.2, 0.25) is 0 Å². The maximum absolute atomic E-state index is 12.7. The summed E-state index contributed by atoms with van der Waals surface area (Å²) in [5, 5.41) is 10.6. The van der Waals surface area contributed by atoms with Gasteiger partial charge in [-0.1, -0.05) is 13.3 Å². The fourth-order valence-electron chi connectivity index (χ4n) is 2.07. The molecule has 0 atom stereocenters. The highest BCUT2D eigenvalue weighted by Crippen LogP contribution is 2.15. The molecular weight excluding hydrogens is 301 g/mol. The van der Waals surface area contributed by atoms with Crippen LogP contribution in [0.25, 0.3) is 5.65 Å². The molecule has 23 heavy (non-hydrogen) atoms. The molecule has 0 radical (unpaired) electrons. The number of carboxylic acid groups (broad SMARTS) is 1. The monoisotopic (exact) mass is 321 g/mol. The van der Waals surface area contributed by atoms with E-state index in [1.807, 2.05) is 16.7 Å². The average Bonchev–Trinajstić information content (AvgIpc) is 2.94. The van der Waals surface area contributed by atoms with Crippen LogP contribution in [0.1, 0.15) is 25.5 Å². The Bertz CT molecular complexity index is 697. The third-order valence-corrected chi connectivity index (χ3v) is 3.31. The number of halogens is 1. The van der Waals surface area contributed by atoms with Crippen molar-refractivity contribution < 1.29 is 19.0 Å². The first-order chi connectivity index (χ1) is 11.1. The Morgan fingerprint density at radius 2 is 2.30 bits per heavy atom. The second-order valence-corrected chi connectivity index (χ2v) is 5.18. The number of unbranched alkanes of at least 4 members (excludes halogenated alkanes) is 1. The normalized spacial score (nSPS) is 11.7. The van der Waals surface area contributed by atoms with Crippen molar-refractivity contribution in [2.24, 2.45) is 0 Å². The molecule has 124 valence electrons. The third-order valence-electron chi connectivity index (χ3n) is 3.31. The largest absolute Gasteiger partial charge is 0.488 e. The van der Waals surface area contributed by atoms with Crippen molar-refractivity contribution >= 4 is 11.7 Å². The van der Waals surface area contributed by atoms with Gasteiger partial charge in [0.15, 0.2) is 0 Å². The molecule has 0 aliphatic carbocycles.